The van der Waals surface area contributed by atoms with E-state index in [2.05, 4.69) is 21.1 Å². The zero-order chi connectivity index (χ0) is 14.1. The fourth-order valence-electron chi connectivity index (χ4n) is 1.85. The van der Waals surface area contributed by atoms with Crippen molar-refractivity contribution in [2.45, 2.75) is 0 Å². The largest absolute Gasteiger partial charge is 0.475 e. The molecule has 0 bridgehead atoms. The van der Waals surface area contributed by atoms with Crippen LogP contribution < -0.4 is 0 Å². The normalized spacial score (nSPS) is 10.3. The van der Waals surface area contributed by atoms with Crippen LogP contribution in [0.5, 0.6) is 0 Å². The average Bonchev–Trinajstić information content (AvgIpc) is 2.91. The Labute approximate surface area is 112 Å². The highest BCUT2D eigenvalue weighted by atomic mass is 16.4. The lowest BCUT2D eigenvalue weighted by Gasteiger charge is -2.03. The van der Waals surface area contributed by atoms with Crippen molar-refractivity contribution >= 4 is 11.7 Å². The van der Waals surface area contributed by atoms with E-state index < -0.39 is 5.97 Å². The van der Waals surface area contributed by atoms with Gasteiger partial charge in [0, 0.05) is 11.8 Å². The van der Waals surface area contributed by atoms with Gasteiger partial charge in [-0.15, -0.1) is 5.10 Å². The van der Waals surface area contributed by atoms with Gasteiger partial charge in [-0.1, -0.05) is 12.1 Å². The quantitative estimate of drug-likeness (QED) is 0.750. The maximum absolute atomic E-state index is 10.9. The Balaban J connectivity index is 2.25. The van der Waals surface area contributed by atoms with E-state index in [0.717, 1.165) is 5.56 Å². The van der Waals surface area contributed by atoms with Crippen LogP contribution in [-0.2, 0) is 0 Å². The number of nitrogens with zero attached hydrogens (tertiary/aromatic N) is 5. The molecule has 3 aromatic rings. The van der Waals surface area contributed by atoms with Gasteiger partial charge in [0.05, 0.1) is 17.3 Å². The van der Waals surface area contributed by atoms with Crippen molar-refractivity contribution in [3.63, 3.8) is 0 Å². The Morgan fingerprint density at radius 1 is 1.35 bits per heavy atom. The number of hydrogen-bond donors (Lipinski definition) is 1. The molecule has 0 unspecified atom stereocenters. The van der Waals surface area contributed by atoms with Crippen molar-refractivity contribution in [1.29, 1.82) is 5.26 Å². The molecule has 2 aromatic heterocycles. The highest BCUT2D eigenvalue weighted by Crippen LogP contribution is 2.20. The number of hydrogen-bond acceptors (Lipinski definition) is 5. The molecule has 7 nitrogen and oxygen atoms in total. The third-order valence-electron chi connectivity index (χ3n) is 2.72. The van der Waals surface area contributed by atoms with Gasteiger partial charge in [0.1, 0.15) is 0 Å². The number of aromatic carboxylic acids is 1. The van der Waals surface area contributed by atoms with Crippen LogP contribution in [0.3, 0.4) is 0 Å². The topological polar surface area (TPSA) is 104 Å². The van der Waals surface area contributed by atoms with Gasteiger partial charge in [-0.05, 0) is 18.2 Å². The first-order valence-electron chi connectivity index (χ1n) is 5.64. The summed E-state index contributed by atoms with van der Waals surface area (Å²) in [6, 6.07) is 10.7. The van der Waals surface area contributed by atoms with Crippen LogP contribution in [0.25, 0.3) is 17.0 Å². The molecule has 1 N–H and O–H groups in total. The molecule has 0 atom stereocenters. The van der Waals surface area contributed by atoms with E-state index in [-0.39, 0.29) is 11.6 Å². The maximum atomic E-state index is 10.9. The predicted molar refractivity (Wildman–Crippen MR) is 67.9 cm³/mol. The van der Waals surface area contributed by atoms with Crippen LogP contribution in [0.15, 0.2) is 36.5 Å². The van der Waals surface area contributed by atoms with Gasteiger partial charge in [-0.25, -0.2) is 9.78 Å². The third kappa shape index (κ3) is 1.85. The number of carbonyl (C=O) groups is 1. The van der Waals surface area contributed by atoms with Gasteiger partial charge in [0.25, 0.3) is 11.6 Å². The summed E-state index contributed by atoms with van der Waals surface area (Å²) in [4.78, 5) is 18.7. The molecular formula is C13H7N5O2. The molecule has 3 rings (SSSR count). The molecule has 0 saturated carbocycles. The van der Waals surface area contributed by atoms with Gasteiger partial charge in [0.15, 0.2) is 0 Å². The van der Waals surface area contributed by atoms with Gasteiger partial charge >= 0.3 is 5.97 Å². The predicted octanol–water partition coefficient (Wildman–Crippen LogP) is 1.36. The number of rotatable bonds is 2. The van der Waals surface area contributed by atoms with Gasteiger partial charge in [0.2, 0.25) is 0 Å². The number of carboxylic acids is 1. The second-order valence-corrected chi connectivity index (χ2v) is 3.98. The van der Waals surface area contributed by atoms with Crippen LogP contribution >= 0.6 is 0 Å². The summed E-state index contributed by atoms with van der Waals surface area (Å²) in [6.45, 7) is 0. The molecule has 2 heterocycles. The van der Waals surface area contributed by atoms with Crippen molar-refractivity contribution in [3.05, 3.63) is 47.9 Å². The van der Waals surface area contributed by atoms with Gasteiger partial charge in [-0.2, -0.15) is 14.8 Å². The molecule has 0 saturated heterocycles. The SMILES string of the molecule is N#Cc1cccc(-c2ccnc3nc(C(=O)O)nn23)c1. The molecule has 1 aromatic carbocycles. The van der Waals surface area contributed by atoms with Gasteiger partial charge < -0.3 is 5.11 Å². The van der Waals surface area contributed by atoms with Crippen LogP contribution in [0.2, 0.25) is 0 Å². The molecule has 96 valence electrons. The smallest absolute Gasteiger partial charge is 0.375 e. The number of benzene rings is 1. The van der Waals surface area contributed by atoms with Gasteiger partial charge in [-0.3, -0.25) is 0 Å². The molecule has 0 radical (unpaired) electrons. The number of fused-ring (bicyclic) bond motifs is 1. The molecule has 20 heavy (non-hydrogen) atoms. The number of nitriles is 1. The summed E-state index contributed by atoms with van der Waals surface area (Å²) in [5.74, 6) is -1.34. The minimum atomic E-state index is -1.22. The molecule has 0 aliphatic rings. The molecule has 0 aliphatic heterocycles. The highest BCUT2D eigenvalue weighted by molar-refractivity contribution is 5.83. The minimum Gasteiger partial charge on any atom is -0.475 e. The Morgan fingerprint density at radius 3 is 2.95 bits per heavy atom. The van der Waals surface area contributed by atoms with E-state index in [4.69, 9.17) is 10.4 Å². The summed E-state index contributed by atoms with van der Waals surface area (Å²) < 4.78 is 1.35. The third-order valence-corrected chi connectivity index (χ3v) is 2.72. The molecular weight excluding hydrogens is 258 g/mol. The van der Waals surface area contributed by atoms with Crippen molar-refractivity contribution in [2.75, 3.05) is 0 Å². The second-order valence-electron chi connectivity index (χ2n) is 3.98. The van der Waals surface area contributed by atoms with E-state index >= 15 is 0 Å². The Hall–Kier alpha value is -3.27. The van der Waals surface area contributed by atoms with E-state index in [9.17, 15) is 4.79 Å². The summed E-state index contributed by atoms with van der Waals surface area (Å²) in [7, 11) is 0. The fourth-order valence-corrected chi connectivity index (χ4v) is 1.85. The lowest BCUT2D eigenvalue weighted by molar-refractivity contribution is 0.0684. The first-order valence-corrected chi connectivity index (χ1v) is 5.64. The van der Waals surface area contributed by atoms with Crippen LogP contribution in [-0.4, -0.2) is 30.7 Å². The maximum Gasteiger partial charge on any atom is 0.375 e. The number of carboxylic acid groups (broad SMARTS) is 1. The fraction of sp³-hybridized carbons (Fsp3) is 0. The molecule has 7 heteroatoms. The monoisotopic (exact) mass is 265 g/mol. The summed E-state index contributed by atoms with van der Waals surface area (Å²) in [5.41, 5.74) is 1.86. The van der Waals surface area contributed by atoms with E-state index in [1.165, 1.54) is 10.7 Å². The summed E-state index contributed by atoms with van der Waals surface area (Å²) in [5, 5.41) is 21.7. The lowest BCUT2D eigenvalue weighted by atomic mass is 10.1. The number of aromatic nitrogens is 4. The first kappa shape index (κ1) is 11.8. The molecule has 0 amide bonds. The summed E-state index contributed by atoms with van der Waals surface area (Å²) >= 11 is 0. The van der Waals surface area contributed by atoms with E-state index in [0.29, 0.717) is 11.3 Å². The van der Waals surface area contributed by atoms with Crippen LogP contribution in [0, 0.1) is 11.3 Å². The second kappa shape index (κ2) is 4.44. The average molecular weight is 265 g/mol. The Kier molecular flexibility index (Phi) is 2.62. The van der Waals surface area contributed by atoms with E-state index in [1.807, 2.05) is 0 Å². The van der Waals surface area contributed by atoms with Crippen LogP contribution in [0.4, 0.5) is 0 Å². The Morgan fingerprint density at radius 2 is 2.20 bits per heavy atom. The minimum absolute atomic E-state index is 0.197. The zero-order valence-electron chi connectivity index (χ0n) is 10.1. The van der Waals surface area contributed by atoms with Crippen LogP contribution in [0.1, 0.15) is 16.2 Å². The Bertz CT molecular complexity index is 863. The summed E-state index contributed by atoms with van der Waals surface area (Å²) in [6.07, 6.45) is 1.52. The highest BCUT2D eigenvalue weighted by Gasteiger charge is 2.14. The molecule has 0 aliphatic carbocycles. The standard InChI is InChI=1S/C13H7N5O2/c14-7-8-2-1-3-9(6-8)10-4-5-15-13-16-11(12(19)20)17-18(10)13/h1-6H,(H,19,20). The van der Waals surface area contributed by atoms with Crippen molar-refractivity contribution in [2.24, 2.45) is 0 Å². The lowest BCUT2D eigenvalue weighted by Crippen LogP contribution is -2.00. The van der Waals surface area contributed by atoms with Crippen molar-refractivity contribution < 1.29 is 9.90 Å². The van der Waals surface area contributed by atoms with E-state index in [1.54, 1.807) is 30.3 Å². The zero-order valence-corrected chi connectivity index (χ0v) is 10.1. The van der Waals surface area contributed by atoms with Crippen molar-refractivity contribution in [1.82, 2.24) is 19.6 Å². The molecule has 0 spiro atoms. The van der Waals surface area contributed by atoms with Crippen molar-refractivity contribution in [3.8, 4) is 17.3 Å². The molecule has 0 fully saturated rings. The first-order chi connectivity index (χ1) is 9.69.